The summed E-state index contributed by atoms with van der Waals surface area (Å²) in [5.74, 6) is -0.608. The number of fused-ring (bicyclic) bond motifs is 1. The highest BCUT2D eigenvalue weighted by Gasteiger charge is 2.37. The lowest BCUT2D eigenvalue weighted by molar-refractivity contribution is -0.136. The first-order valence-corrected chi connectivity index (χ1v) is 9.56. The summed E-state index contributed by atoms with van der Waals surface area (Å²) >= 11 is 0.880. The highest BCUT2D eigenvalue weighted by atomic mass is 32.2. The van der Waals surface area contributed by atoms with Crippen LogP contribution in [-0.4, -0.2) is 44.5 Å². The average molecular weight is 381 g/mol. The third-order valence-electron chi connectivity index (χ3n) is 4.91. The van der Waals surface area contributed by atoms with Crippen molar-refractivity contribution in [3.63, 3.8) is 0 Å². The Kier molecular flexibility index (Phi) is 4.61. The van der Waals surface area contributed by atoms with Crippen LogP contribution in [0.2, 0.25) is 0 Å². The molecule has 1 aromatic carbocycles. The fourth-order valence-electron chi connectivity index (χ4n) is 3.34. The van der Waals surface area contributed by atoms with Crippen molar-refractivity contribution in [2.45, 2.75) is 13.0 Å². The molecule has 2 aromatic rings. The highest BCUT2D eigenvalue weighted by Crippen LogP contribution is 2.32. The summed E-state index contributed by atoms with van der Waals surface area (Å²) in [4.78, 5) is 40.7. The number of carbonyl (C=O) groups is 3. The van der Waals surface area contributed by atoms with E-state index in [9.17, 15) is 14.4 Å². The van der Waals surface area contributed by atoms with Gasteiger partial charge in [-0.05, 0) is 47.5 Å². The molecule has 3 heterocycles. The maximum absolute atomic E-state index is 12.7. The van der Waals surface area contributed by atoms with Gasteiger partial charge in [-0.15, -0.1) is 0 Å². The maximum atomic E-state index is 12.7. The second-order valence-electron chi connectivity index (χ2n) is 6.65. The van der Waals surface area contributed by atoms with Gasteiger partial charge >= 0.3 is 0 Å². The summed E-state index contributed by atoms with van der Waals surface area (Å²) in [5.41, 5.74) is 3.20. The zero-order chi connectivity index (χ0) is 19.0. The first-order valence-electron chi connectivity index (χ1n) is 8.74. The fourth-order valence-corrected chi connectivity index (χ4v) is 4.16. The molecule has 2 aliphatic rings. The quantitative estimate of drug-likeness (QED) is 0.767. The zero-order valence-corrected chi connectivity index (χ0v) is 15.7. The monoisotopic (exact) mass is 381 g/mol. The largest absolute Gasteiger partial charge is 0.351 e. The molecule has 0 unspecified atom stereocenters. The normalized spacial score (nSPS) is 18.3. The van der Waals surface area contributed by atoms with E-state index in [0.29, 0.717) is 18.0 Å². The number of hydrogen-bond acceptors (Lipinski definition) is 4. The van der Waals surface area contributed by atoms with E-state index in [2.05, 4.69) is 6.07 Å². The van der Waals surface area contributed by atoms with Gasteiger partial charge in [-0.2, -0.15) is 0 Å². The molecule has 2 aliphatic heterocycles. The molecule has 0 radical (unpaired) electrons. The van der Waals surface area contributed by atoms with E-state index >= 15 is 0 Å². The molecule has 1 fully saturated rings. The topological polar surface area (TPSA) is 62.6 Å². The van der Waals surface area contributed by atoms with E-state index in [1.54, 1.807) is 11.0 Å². The number of aryl methyl sites for hydroxylation is 1. The summed E-state index contributed by atoms with van der Waals surface area (Å²) in [6.07, 6.45) is 4.34. The van der Waals surface area contributed by atoms with Crippen molar-refractivity contribution in [1.82, 2.24) is 14.4 Å². The van der Waals surface area contributed by atoms with Gasteiger partial charge in [0, 0.05) is 32.0 Å². The first kappa shape index (κ1) is 17.6. The van der Waals surface area contributed by atoms with Gasteiger partial charge in [0.1, 0.15) is 6.54 Å². The molecule has 0 spiro atoms. The molecule has 1 saturated heterocycles. The van der Waals surface area contributed by atoms with E-state index in [0.717, 1.165) is 34.3 Å². The van der Waals surface area contributed by atoms with Crippen LogP contribution in [-0.2, 0) is 29.6 Å². The molecular formula is C20H19N3O3S. The van der Waals surface area contributed by atoms with E-state index in [1.807, 2.05) is 48.1 Å². The molecule has 1 aromatic heterocycles. The van der Waals surface area contributed by atoms with Crippen LogP contribution in [0, 0.1) is 0 Å². The second kappa shape index (κ2) is 7.08. The van der Waals surface area contributed by atoms with Crippen LogP contribution in [0.25, 0.3) is 6.08 Å². The number of aromatic nitrogens is 1. The number of carbonyl (C=O) groups excluding carboxylic acids is 3. The van der Waals surface area contributed by atoms with Gasteiger partial charge in [-0.1, -0.05) is 24.3 Å². The number of benzene rings is 1. The summed E-state index contributed by atoms with van der Waals surface area (Å²) in [6, 6.07) is 11.8. The lowest BCUT2D eigenvalue weighted by Gasteiger charge is -2.29. The summed E-state index contributed by atoms with van der Waals surface area (Å²) in [6.45, 7) is 0.910. The van der Waals surface area contributed by atoms with Gasteiger partial charge in [0.2, 0.25) is 5.91 Å². The van der Waals surface area contributed by atoms with Crippen LogP contribution in [0.15, 0.2) is 47.5 Å². The highest BCUT2D eigenvalue weighted by molar-refractivity contribution is 8.18. The Morgan fingerprint density at radius 1 is 1.15 bits per heavy atom. The number of amides is 3. The van der Waals surface area contributed by atoms with Gasteiger partial charge in [-0.25, -0.2) is 0 Å². The first-order chi connectivity index (χ1) is 13.0. The number of imide groups is 1. The van der Waals surface area contributed by atoms with Gasteiger partial charge in [0.15, 0.2) is 0 Å². The van der Waals surface area contributed by atoms with Crippen molar-refractivity contribution >= 4 is 34.9 Å². The van der Waals surface area contributed by atoms with Crippen molar-refractivity contribution < 1.29 is 14.4 Å². The Morgan fingerprint density at radius 2 is 1.93 bits per heavy atom. The van der Waals surface area contributed by atoms with Crippen molar-refractivity contribution in [2.24, 2.45) is 7.05 Å². The Hall–Kier alpha value is -2.80. The van der Waals surface area contributed by atoms with Crippen molar-refractivity contribution in [3.8, 4) is 0 Å². The number of rotatable bonds is 3. The molecule has 138 valence electrons. The summed E-state index contributed by atoms with van der Waals surface area (Å²) < 4.78 is 1.87. The van der Waals surface area contributed by atoms with E-state index in [1.165, 1.54) is 5.56 Å². The Morgan fingerprint density at radius 3 is 2.67 bits per heavy atom. The van der Waals surface area contributed by atoms with E-state index in [4.69, 9.17) is 0 Å². The third-order valence-corrected chi connectivity index (χ3v) is 5.82. The minimum atomic E-state index is -0.406. The van der Waals surface area contributed by atoms with Gasteiger partial charge in [-0.3, -0.25) is 19.3 Å². The van der Waals surface area contributed by atoms with Crippen molar-refractivity contribution in [2.75, 3.05) is 13.1 Å². The molecule has 0 N–H and O–H groups in total. The predicted octanol–water partition coefficient (Wildman–Crippen LogP) is 2.65. The maximum Gasteiger partial charge on any atom is 0.294 e. The molecule has 0 atom stereocenters. The second-order valence-corrected chi connectivity index (χ2v) is 7.64. The lowest BCUT2D eigenvalue weighted by Crippen LogP contribution is -2.44. The molecule has 0 aliphatic carbocycles. The molecule has 4 rings (SSSR count). The van der Waals surface area contributed by atoms with Crippen LogP contribution < -0.4 is 0 Å². The smallest absolute Gasteiger partial charge is 0.294 e. The van der Waals surface area contributed by atoms with Crippen molar-refractivity contribution in [3.05, 3.63) is 64.3 Å². The average Bonchev–Trinajstić information content (AvgIpc) is 3.19. The minimum Gasteiger partial charge on any atom is -0.351 e. The minimum absolute atomic E-state index is 0.202. The molecule has 0 saturated carbocycles. The van der Waals surface area contributed by atoms with Crippen LogP contribution >= 0.6 is 11.8 Å². The van der Waals surface area contributed by atoms with Crippen LogP contribution in [0.3, 0.4) is 0 Å². The Bertz CT molecular complexity index is 963. The lowest BCUT2D eigenvalue weighted by atomic mass is 10.00. The zero-order valence-electron chi connectivity index (χ0n) is 14.9. The predicted molar refractivity (Wildman–Crippen MR) is 104 cm³/mol. The van der Waals surface area contributed by atoms with Gasteiger partial charge in [0.05, 0.1) is 4.91 Å². The standard InChI is InChI=1S/C20H19N3O3S/c1-21-9-4-7-16(21)11-17-19(25)23(20(26)27-17)13-18(24)22-10-8-14-5-2-3-6-15(14)12-22/h2-7,9,11H,8,10,12-13H2,1H3. The SMILES string of the molecule is Cn1cccc1C=C1SC(=O)N(CC(=O)N2CCc3ccccc3C2)C1=O. The molecule has 27 heavy (non-hydrogen) atoms. The Balaban J connectivity index is 1.46. The molecule has 3 amide bonds. The number of hydrogen-bond donors (Lipinski definition) is 0. The van der Waals surface area contributed by atoms with Gasteiger partial charge in [0.25, 0.3) is 11.1 Å². The van der Waals surface area contributed by atoms with Gasteiger partial charge < -0.3 is 9.47 Å². The van der Waals surface area contributed by atoms with Crippen LogP contribution in [0.1, 0.15) is 16.8 Å². The van der Waals surface area contributed by atoms with E-state index < -0.39 is 11.1 Å². The summed E-state index contributed by atoms with van der Waals surface area (Å²) in [7, 11) is 1.87. The van der Waals surface area contributed by atoms with Crippen LogP contribution in [0.5, 0.6) is 0 Å². The molecule has 0 bridgehead atoms. The molecule has 7 heteroatoms. The number of thioether (sulfide) groups is 1. The van der Waals surface area contributed by atoms with Crippen molar-refractivity contribution in [1.29, 1.82) is 0 Å². The fraction of sp³-hybridized carbons (Fsp3) is 0.250. The number of nitrogens with zero attached hydrogens (tertiary/aromatic N) is 3. The molecular weight excluding hydrogens is 362 g/mol. The summed E-state index contributed by atoms with van der Waals surface area (Å²) in [5, 5.41) is -0.397. The Labute approximate surface area is 161 Å². The molecule has 6 nitrogen and oxygen atoms in total. The third kappa shape index (κ3) is 3.42. The van der Waals surface area contributed by atoms with E-state index in [-0.39, 0.29) is 12.5 Å². The van der Waals surface area contributed by atoms with Crippen LogP contribution in [0.4, 0.5) is 4.79 Å².